The van der Waals surface area contributed by atoms with Crippen molar-refractivity contribution >= 4 is 5.82 Å². The minimum atomic E-state index is 0.583. The van der Waals surface area contributed by atoms with Gasteiger partial charge in [0.1, 0.15) is 11.6 Å². The molecule has 3 heteroatoms. The van der Waals surface area contributed by atoms with E-state index in [1.54, 1.807) is 0 Å². The van der Waals surface area contributed by atoms with E-state index in [-0.39, 0.29) is 0 Å². The summed E-state index contributed by atoms with van der Waals surface area (Å²) in [5, 5.41) is 3.17. The van der Waals surface area contributed by atoms with Gasteiger partial charge in [-0.1, -0.05) is 32.0 Å². The highest BCUT2D eigenvalue weighted by Gasteiger charge is 2.04. The molecule has 0 radical (unpaired) electrons. The lowest BCUT2D eigenvalue weighted by molar-refractivity contribution is 0.463. The first-order valence-corrected chi connectivity index (χ1v) is 7.21. The van der Waals surface area contributed by atoms with Crippen molar-refractivity contribution in [2.45, 2.75) is 33.1 Å². The Labute approximate surface area is 121 Å². The second-order valence-corrected chi connectivity index (χ2v) is 4.87. The van der Waals surface area contributed by atoms with Gasteiger partial charge in [-0.2, -0.15) is 4.98 Å². The predicted molar refractivity (Wildman–Crippen MR) is 83.6 cm³/mol. The first kappa shape index (κ1) is 14.4. The van der Waals surface area contributed by atoms with Gasteiger partial charge in [-0.05, 0) is 43.0 Å². The zero-order valence-corrected chi connectivity index (χ0v) is 12.4. The van der Waals surface area contributed by atoms with Crippen molar-refractivity contribution in [3.63, 3.8) is 0 Å². The molecule has 0 aliphatic carbocycles. The molecule has 2 aromatic rings. The average Bonchev–Trinajstić information content (AvgIpc) is 2.48. The van der Waals surface area contributed by atoms with Crippen molar-refractivity contribution in [2.75, 3.05) is 11.9 Å². The van der Waals surface area contributed by atoms with Crippen molar-refractivity contribution in [2.24, 2.45) is 0 Å². The molecule has 0 saturated heterocycles. The van der Waals surface area contributed by atoms with Crippen LogP contribution >= 0.6 is 0 Å². The zero-order valence-electron chi connectivity index (χ0n) is 12.4. The van der Waals surface area contributed by atoms with Crippen LogP contribution in [0.5, 0.6) is 11.6 Å². The summed E-state index contributed by atoms with van der Waals surface area (Å²) in [6.07, 6.45) is 1.15. The van der Waals surface area contributed by atoms with Crippen LogP contribution in [0, 0.1) is 0 Å². The fraction of sp³-hybridized carbons (Fsp3) is 0.353. The molecule has 0 saturated carbocycles. The van der Waals surface area contributed by atoms with Crippen LogP contribution in [0.4, 0.5) is 5.82 Å². The van der Waals surface area contributed by atoms with Gasteiger partial charge in [0.15, 0.2) is 0 Å². The van der Waals surface area contributed by atoms with E-state index >= 15 is 0 Å². The summed E-state index contributed by atoms with van der Waals surface area (Å²) in [5.74, 6) is 2.85. The molecule has 1 atom stereocenters. The van der Waals surface area contributed by atoms with Crippen LogP contribution in [0.15, 0.2) is 42.5 Å². The van der Waals surface area contributed by atoms with Crippen molar-refractivity contribution in [3.05, 3.63) is 48.0 Å². The fourth-order valence-corrected chi connectivity index (χ4v) is 1.97. The van der Waals surface area contributed by atoms with Gasteiger partial charge in [0.2, 0.25) is 5.88 Å². The summed E-state index contributed by atoms with van der Waals surface area (Å²) >= 11 is 0. The summed E-state index contributed by atoms with van der Waals surface area (Å²) in [6.45, 7) is 7.32. The van der Waals surface area contributed by atoms with E-state index in [4.69, 9.17) is 4.74 Å². The van der Waals surface area contributed by atoms with Crippen LogP contribution in [-0.4, -0.2) is 11.5 Å². The van der Waals surface area contributed by atoms with E-state index in [2.05, 4.69) is 36.3 Å². The van der Waals surface area contributed by atoms with E-state index in [1.807, 2.05) is 37.3 Å². The van der Waals surface area contributed by atoms with Crippen LogP contribution in [-0.2, 0) is 0 Å². The van der Waals surface area contributed by atoms with Gasteiger partial charge in [-0.3, -0.25) is 0 Å². The first-order chi connectivity index (χ1) is 9.72. The molecule has 1 heterocycles. The third kappa shape index (κ3) is 3.73. The zero-order chi connectivity index (χ0) is 14.4. The number of nitrogens with zero attached hydrogens (tertiary/aromatic N) is 1. The molecule has 0 fully saturated rings. The molecule has 1 aromatic carbocycles. The lowest BCUT2D eigenvalue weighted by atomic mass is 9.99. The number of hydrogen-bond donors (Lipinski definition) is 1. The maximum Gasteiger partial charge on any atom is 0.221 e. The van der Waals surface area contributed by atoms with Crippen LogP contribution < -0.4 is 10.1 Å². The number of pyridine rings is 1. The highest BCUT2D eigenvalue weighted by Crippen LogP contribution is 2.24. The van der Waals surface area contributed by atoms with Crippen molar-refractivity contribution in [1.82, 2.24) is 4.98 Å². The fourth-order valence-electron chi connectivity index (χ4n) is 1.97. The smallest absolute Gasteiger partial charge is 0.221 e. The number of aromatic nitrogens is 1. The molecule has 0 amide bonds. The summed E-state index contributed by atoms with van der Waals surface area (Å²) < 4.78 is 5.78. The summed E-state index contributed by atoms with van der Waals surface area (Å²) in [7, 11) is 0. The molecule has 0 bridgehead atoms. The van der Waals surface area contributed by atoms with Gasteiger partial charge >= 0.3 is 0 Å². The molecule has 3 nitrogen and oxygen atoms in total. The largest absolute Gasteiger partial charge is 0.439 e. The monoisotopic (exact) mass is 270 g/mol. The van der Waals surface area contributed by atoms with E-state index in [0.717, 1.165) is 24.5 Å². The van der Waals surface area contributed by atoms with E-state index in [0.29, 0.717) is 11.8 Å². The maximum absolute atomic E-state index is 5.78. The quantitative estimate of drug-likeness (QED) is 0.817. The Morgan fingerprint density at radius 2 is 1.85 bits per heavy atom. The van der Waals surface area contributed by atoms with Gasteiger partial charge in [0, 0.05) is 12.6 Å². The molecule has 0 spiro atoms. The third-order valence-electron chi connectivity index (χ3n) is 3.37. The van der Waals surface area contributed by atoms with Gasteiger partial charge in [0.05, 0.1) is 0 Å². The normalized spacial score (nSPS) is 11.9. The van der Waals surface area contributed by atoms with E-state index in [9.17, 15) is 0 Å². The second-order valence-electron chi connectivity index (χ2n) is 4.87. The second kappa shape index (κ2) is 6.94. The topological polar surface area (TPSA) is 34.1 Å². The molecule has 2 rings (SSSR count). The SMILES string of the molecule is CCNc1cccc(Oc2ccc(C(C)CC)cc2)n1. The minimum Gasteiger partial charge on any atom is -0.439 e. The minimum absolute atomic E-state index is 0.583. The standard InChI is InChI=1S/C17H22N2O/c1-4-13(3)14-9-11-15(12-10-14)20-17-8-6-7-16(19-17)18-5-2/h6-13H,4-5H2,1-3H3,(H,18,19). The molecule has 0 aliphatic rings. The molecule has 20 heavy (non-hydrogen) atoms. The summed E-state index contributed by atoms with van der Waals surface area (Å²) in [5.41, 5.74) is 1.34. The van der Waals surface area contributed by atoms with Gasteiger partial charge < -0.3 is 10.1 Å². The number of nitrogens with one attached hydrogen (secondary N) is 1. The Kier molecular flexibility index (Phi) is 4.99. The molecular weight excluding hydrogens is 248 g/mol. The third-order valence-corrected chi connectivity index (χ3v) is 3.37. The average molecular weight is 270 g/mol. The Balaban J connectivity index is 2.08. The lowest BCUT2D eigenvalue weighted by Crippen LogP contribution is -1.99. The Morgan fingerprint density at radius 1 is 1.10 bits per heavy atom. The Morgan fingerprint density at radius 3 is 2.50 bits per heavy atom. The first-order valence-electron chi connectivity index (χ1n) is 7.21. The van der Waals surface area contributed by atoms with Gasteiger partial charge in [-0.25, -0.2) is 0 Å². The van der Waals surface area contributed by atoms with Crippen LogP contribution in [0.25, 0.3) is 0 Å². The number of rotatable bonds is 6. The number of anilines is 1. The number of hydrogen-bond acceptors (Lipinski definition) is 3. The lowest BCUT2D eigenvalue weighted by Gasteiger charge is -2.10. The molecule has 106 valence electrons. The summed E-state index contributed by atoms with van der Waals surface area (Å²) in [6, 6.07) is 14.0. The highest BCUT2D eigenvalue weighted by atomic mass is 16.5. The number of benzene rings is 1. The number of ether oxygens (including phenoxy) is 1. The van der Waals surface area contributed by atoms with Crippen molar-refractivity contribution in [3.8, 4) is 11.6 Å². The van der Waals surface area contributed by atoms with Gasteiger partial charge in [-0.15, -0.1) is 0 Å². The Bertz CT molecular complexity index is 537. The van der Waals surface area contributed by atoms with E-state index < -0.39 is 0 Å². The van der Waals surface area contributed by atoms with E-state index in [1.165, 1.54) is 5.56 Å². The summed E-state index contributed by atoms with van der Waals surface area (Å²) in [4.78, 5) is 4.40. The predicted octanol–water partition coefficient (Wildman–Crippen LogP) is 4.82. The molecular formula is C17H22N2O. The van der Waals surface area contributed by atoms with Crippen molar-refractivity contribution in [1.29, 1.82) is 0 Å². The molecule has 0 aliphatic heterocycles. The molecule has 1 aromatic heterocycles. The van der Waals surface area contributed by atoms with Crippen molar-refractivity contribution < 1.29 is 4.74 Å². The maximum atomic E-state index is 5.78. The van der Waals surface area contributed by atoms with Crippen LogP contribution in [0.1, 0.15) is 38.7 Å². The molecule has 1 N–H and O–H groups in total. The highest BCUT2D eigenvalue weighted by molar-refractivity contribution is 5.38. The molecule has 1 unspecified atom stereocenters. The van der Waals surface area contributed by atoms with Gasteiger partial charge in [0.25, 0.3) is 0 Å². The van der Waals surface area contributed by atoms with Crippen LogP contribution in [0.2, 0.25) is 0 Å². The Hall–Kier alpha value is -2.03. The van der Waals surface area contributed by atoms with Crippen LogP contribution in [0.3, 0.4) is 0 Å².